The van der Waals surface area contributed by atoms with Crippen molar-refractivity contribution >= 4 is 34.9 Å². The van der Waals surface area contributed by atoms with Crippen LogP contribution >= 0.6 is 23.5 Å². The maximum Gasteiger partial charge on any atom is 0.122 e. The van der Waals surface area contributed by atoms with Gasteiger partial charge in [0.05, 0.1) is 14.2 Å². The first-order chi connectivity index (χ1) is 21.9. The van der Waals surface area contributed by atoms with Crippen molar-refractivity contribution < 1.29 is 9.47 Å². The Morgan fingerprint density at radius 1 is 0.609 bits per heavy atom. The van der Waals surface area contributed by atoms with Crippen LogP contribution in [0, 0.1) is 27.7 Å². The van der Waals surface area contributed by atoms with Gasteiger partial charge in [-0.25, -0.2) is 0 Å². The van der Waals surface area contributed by atoms with E-state index >= 15 is 0 Å². The van der Waals surface area contributed by atoms with Crippen LogP contribution in [0.1, 0.15) is 85.8 Å². The second-order valence-electron chi connectivity index (χ2n) is 12.9. The Hall–Kier alpha value is -3.22. The van der Waals surface area contributed by atoms with Crippen LogP contribution in [0.4, 0.5) is 11.4 Å². The number of methoxy groups -OCH3 is 2. The van der Waals surface area contributed by atoms with Crippen molar-refractivity contribution in [3.8, 4) is 11.5 Å². The number of aryl methyl sites for hydroxylation is 4. The van der Waals surface area contributed by atoms with E-state index in [2.05, 4.69) is 109 Å². The van der Waals surface area contributed by atoms with E-state index in [1.165, 1.54) is 84.6 Å². The molecule has 0 amide bonds. The van der Waals surface area contributed by atoms with Crippen molar-refractivity contribution in [2.24, 2.45) is 0 Å². The van der Waals surface area contributed by atoms with E-state index in [4.69, 9.17) is 15.2 Å². The summed E-state index contributed by atoms with van der Waals surface area (Å²) in [4.78, 5) is 7.69. The molecule has 46 heavy (non-hydrogen) atoms. The fourth-order valence-electron chi connectivity index (χ4n) is 6.08. The second-order valence-corrected chi connectivity index (χ2v) is 15.1. The minimum Gasteiger partial charge on any atom is -0.496 e. The molecule has 0 bridgehead atoms. The number of nitrogen functional groups attached to an aromatic ring is 1. The van der Waals surface area contributed by atoms with E-state index in [1.807, 2.05) is 23.9 Å². The number of anilines is 2. The van der Waals surface area contributed by atoms with Crippen LogP contribution in [0.5, 0.6) is 11.5 Å². The SMILES string of the molecule is COc1ccc(Sc2c(C)cc(N)cc2C)cc1C(C)C.COc1ccc(Sc2c(C)cc(N3CCCC3)cc2C)cc1C(C)C. The summed E-state index contributed by atoms with van der Waals surface area (Å²) in [6.45, 7) is 19.9. The average Bonchev–Trinajstić information content (AvgIpc) is 3.56. The Bertz CT molecular complexity index is 1590. The van der Waals surface area contributed by atoms with Gasteiger partial charge >= 0.3 is 0 Å². The summed E-state index contributed by atoms with van der Waals surface area (Å²) in [6.07, 6.45) is 2.64. The zero-order chi connectivity index (χ0) is 33.5. The van der Waals surface area contributed by atoms with Gasteiger partial charge < -0.3 is 20.1 Å². The zero-order valence-electron chi connectivity index (χ0n) is 29.4. The molecule has 4 aromatic carbocycles. The third-order valence-electron chi connectivity index (χ3n) is 8.49. The smallest absolute Gasteiger partial charge is 0.122 e. The minimum absolute atomic E-state index is 0.439. The average molecular weight is 657 g/mol. The number of hydrogen-bond donors (Lipinski definition) is 1. The predicted octanol–water partition coefficient (Wildman–Crippen LogP) is 11.4. The van der Waals surface area contributed by atoms with E-state index in [9.17, 15) is 0 Å². The molecule has 0 aromatic heterocycles. The standard InChI is InChI=1S/C22H29NOS.C18H23NOS/c1-15(2)20-14-19(8-9-21(20)24-5)25-22-16(3)12-18(13-17(22)4)23-10-6-7-11-23;1-11(2)16-10-15(6-7-17(16)20-5)21-18-12(3)8-14(19)9-13(18)4/h8-9,12-15H,6-7,10-11H2,1-5H3;6-11H,19H2,1-5H3. The first-order valence-electron chi connectivity index (χ1n) is 16.4. The van der Waals surface area contributed by atoms with Crippen molar-refractivity contribution in [3.05, 3.63) is 94.0 Å². The lowest BCUT2D eigenvalue weighted by atomic mass is 10.0. The van der Waals surface area contributed by atoms with Gasteiger partial charge in [0.1, 0.15) is 11.5 Å². The first-order valence-corrected chi connectivity index (χ1v) is 18.0. The molecule has 0 saturated carbocycles. The van der Waals surface area contributed by atoms with Gasteiger partial charge in [0, 0.05) is 44.0 Å². The molecule has 1 aliphatic heterocycles. The lowest BCUT2D eigenvalue weighted by Crippen LogP contribution is -2.17. The molecular formula is C40H52N2O2S2. The van der Waals surface area contributed by atoms with E-state index in [0.29, 0.717) is 11.8 Å². The topological polar surface area (TPSA) is 47.7 Å². The zero-order valence-corrected chi connectivity index (χ0v) is 31.0. The van der Waals surface area contributed by atoms with Crippen molar-refractivity contribution in [1.29, 1.82) is 0 Å². The van der Waals surface area contributed by atoms with Gasteiger partial charge in [0.25, 0.3) is 0 Å². The van der Waals surface area contributed by atoms with E-state index in [0.717, 1.165) is 17.2 Å². The van der Waals surface area contributed by atoms with Gasteiger partial charge in [-0.3, -0.25) is 0 Å². The minimum atomic E-state index is 0.439. The summed E-state index contributed by atoms with van der Waals surface area (Å²) in [7, 11) is 3.47. The summed E-state index contributed by atoms with van der Waals surface area (Å²) in [5, 5.41) is 0. The second kappa shape index (κ2) is 16.1. The van der Waals surface area contributed by atoms with Gasteiger partial charge in [-0.2, -0.15) is 0 Å². The summed E-state index contributed by atoms with van der Waals surface area (Å²) in [6, 6.07) is 21.7. The maximum absolute atomic E-state index is 5.90. The number of nitrogens with two attached hydrogens (primary N) is 1. The number of benzene rings is 4. The Morgan fingerprint density at radius 2 is 1.00 bits per heavy atom. The van der Waals surface area contributed by atoms with Gasteiger partial charge in [-0.15, -0.1) is 0 Å². The van der Waals surface area contributed by atoms with Gasteiger partial charge in [-0.05, 0) is 146 Å². The predicted molar refractivity (Wildman–Crippen MR) is 200 cm³/mol. The van der Waals surface area contributed by atoms with Crippen LogP contribution < -0.4 is 20.1 Å². The molecule has 2 N–H and O–H groups in total. The molecule has 1 saturated heterocycles. The highest BCUT2D eigenvalue weighted by Gasteiger charge is 2.16. The third-order valence-corrected chi connectivity index (χ3v) is 11.2. The lowest BCUT2D eigenvalue weighted by molar-refractivity contribution is 0.407. The molecule has 0 spiro atoms. The van der Waals surface area contributed by atoms with Crippen LogP contribution in [-0.4, -0.2) is 27.3 Å². The first kappa shape index (κ1) is 35.6. The molecule has 1 fully saturated rings. The monoisotopic (exact) mass is 656 g/mol. The summed E-state index contributed by atoms with van der Waals surface area (Å²) in [5.41, 5.74) is 15.8. The maximum atomic E-state index is 5.90. The number of ether oxygens (including phenoxy) is 2. The van der Waals surface area contributed by atoms with Crippen molar-refractivity contribution in [2.75, 3.05) is 37.9 Å². The normalized spacial score (nSPS) is 12.8. The quantitative estimate of drug-likeness (QED) is 0.181. The Labute approximate surface area is 286 Å². The van der Waals surface area contributed by atoms with Gasteiger partial charge in [-0.1, -0.05) is 51.2 Å². The summed E-state index contributed by atoms with van der Waals surface area (Å²) < 4.78 is 11.0. The number of nitrogens with zero attached hydrogens (tertiary/aromatic N) is 1. The molecule has 0 atom stereocenters. The molecule has 0 aliphatic carbocycles. The highest BCUT2D eigenvalue weighted by molar-refractivity contribution is 7.99. The van der Waals surface area contributed by atoms with E-state index < -0.39 is 0 Å². The largest absolute Gasteiger partial charge is 0.496 e. The molecule has 1 aliphatic rings. The van der Waals surface area contributed by atoms with Gasteiger partial charge in [0.2, 0.25) is 0 Å². The van der Waals surface area contributed by atoms with E-state index in [1.54, 1.807) is 26.0 Å². The molecule has 0 radical (unpaired) electrons. The molecular weight excluding hydrogens is 605 g/mol. The van der Waals surface area contributed by atoms with Crippen LogP contribution in [0.25, 0.3) is 0 Å². The molecule has 246 valence electrons. The Kier molecular flexibility index (Phi) is 12.4. The van der Waals surface area contributed by atoms with Crippen molar-refractivity contribution in [1.82, 2.24) is 0 Å². The van der Waals surface area contributed by atoms with Crippen LogP contribution in [0.2, 0.25) is 0 Å². The summed E-state index contributed by atoms with van der Waals surface area (Å²) >= 11 is 3.66. The highest BCUT2D eigenvalue weighted by atomic mass is 32.2. The molecule has 5 rings (SSSR count). The van der Waals surface area contributed by atoms with Crippen LogP contribution in [-0.2, 0) is 0 Å². The van der Waals surface area contributed by atoms with E-state index in [-0.39, 0.29) is 0 Å². The number of hydrogen-bond acceptors (Lipinski definition) is 6. The van der Waals surface area contributed by atoms with Crippen LogP contribution in [0.3, 0.4) is 0 Å². The Balaban J connectivity index is 0.000000212. The fourth-order valence-corrected chi connectivity index (χ4v) is 8.08. The van der Waals surface area contributed by atoms with Crippen molar-refractivity contribution in [2.45, 2.75) is 99.6 Å². The van der Waals surface area contributed by atoms with Crippen LogP contribution in [0.15, 0.2) is 80.2 Å². The highest BCUT2D eigenvalue weighted by Crippen LogP contribution is 2.40. The molecule has 6 heteroatoms. The molecule has 4 nitrogen and oxygen atoms in total. The molecule has 0 unspecified atom stereocenters. The molecule has 1 heterocycles. The number of rotatable bonds is 9. The van der Waals surface area contributed by atoms with Gasteiger partial charge in [0.15, 0.2) is 0 Å². The lowest BCUT2D eigenvalue weighted by Gasteiger charge is -2.21. The Morgan fingerprint density at radius 3 is 1.37 bits per heavy atom. The summed E-state index contributed by atoms with van der Waals surface area (Å²) in [5.74, 6) is 2.83. The molecule has 4 aromatic rings. The van der Waals surface area contributed by atoms with Crippen molar-refractivity contribution in [3.63, 3.8) is 0 Å². The third kappa shape index (κ3) is 8.77. The fraction of sp³-hybridized carbons (Fsp3) is 0.400.